The zero-order chi connectivity index (χ0) is 19.2. The van der Waals surface area contributed by atoms with Crippen molar-refractivity contribution >= 4 is 71.7 Å². The molecule has 12 heteroatoms. The van der Waals surface area contributed by atoms with E-state index in [2.05, 4.69) is 19.9 Å². The van der Waals surface area contributed by atoms with E-state index in [1.54, 1.807) is 4.57 Å². The van der Waals surface area contributed by atoms with E-state index < -0.39 is 9.84 Å². The number of rotatable bonds is 5. The van der Waals surface area contributed by atoms with Gasteiger partial charge in [-0.15, -0.1) is 11.3 Å². The summed E-state index contributed by atoms with van der Waals surface area (Å²) in [5.74, 6) is 0.203. The Kier molecular flexibility index (Phi) is 4.70. The number of nitrogen functional groups attached to an aromatic ring is 1. The number of nitrogens with zero attached hydrogens (tertiary/aromatic N) is 5. The summed E-state index contributed by atoms with van der Waals surface area (Å²) in [5.41, 5.74) is 7.64. The van der Waals surface area contributed by atoms with Gasteiger partial charge in [-0.3, -0.25) is 0 Å². The highest BCUT2D eigenvalue weighted by Gasteiger charge is 2.19. The van der Waals surface area contributed by atoms with Crippen LogP contribution in [-0.4, -0.2) is 44.9 Å². The van der Waals surface area contributed by atoms with Gasteiger partial charge < -0.3 is 10.3 Å². The van der Waals surface area contributed by atoms with Crippen molar-refractivity contribution in [3.05, 3.63) is 29.5 Å². The molecule has 27 heavy (non-hydrogen) atoms. The lowest BCUT2D eigenvalue weighted by molar-refractivity contribution is 0.591. The second-order valence-corrected chi connectivity index (χ2v) is 10.7. The van der Waals surface area contributed by atoms with Crippen LogP contribution in [0.4, 0.5) is 5.82 Å². The molecule has 0 atom stereocenters. The first-order valence-electron chi connectivity index (χ1n) is 7.69. The Morgan fingerprint density at radius 1 is 1.30 bits per heavy atom. The third-order valence-corrected chi connectivity index (χ3v) is 7.25. The number of nitrogens with two attached hydrogens (primary N) is 1. The fraction of sp³-hybridized carbons (Fsp3) is 0.200. The molecule has 0 saturated carbocycles. The van der Waals surface area contributed by atoms with Crippen LogP contribution in [0.3, 0.4) is 0 Å². The van der Waals surface area contributed by atoms with E-state index in [-0.39, 0.29) is 18.1 Å². The summed E-state index contributed by atoms with van der Waals surface area (Å²) < 4.78 is 26.6. The molecule has 140 valence electrons. The van der Waals surface area contributed by atoms with Crippen molar-refractivity contribution in [1.29, 1.82) is 0 Å². The highest BCUT2D eigenvalue weighted by molar-refractivity contribution is 8.01. The number of anilines is 1. The van der Waals surface area contributed by atoms with Gasteiger partial charge in [-0.05, 0) is 23.9 Å². The van der Waals surface area contributed by atoms with Crippen molar-refractivity contribution in [3.8, 4) is 0 Å². The molecule has 0 aliphatic carbocycles. The highest BCUT2D eigenvalue weighted by atomic mass is 35.5. The zero-order valence-electron chi connectivity index (χ0n) is 14.0. The first-order chi connectivity index (χ1) is 12.8. The van der Waals surface area contributed by atoms with Gasteiger partial charge in [-0.25, -0.2) is 28.4 Å². The van der Waals surface area contributed by atoms with E-state index in [0.29, 0.717) is 21.3 Å². The molecule has 0 amide bonds. The number of halogens is 1. The minimum absolute atomic E-state index is 0.0401. The fourth-order valence-corrected chi connectivity index (χ4v) is 5.35. The Hall–Kier alpha value is -1.95. The largest absolute Gasteiger partial charge is 0.382 e. The molecule has 0 saturated heterocycles. The molecule has 0 spiro atoms. The molecule has 4 aromatic rings. The number of aryl methyl sites for hydroxylation is 1. The van der Waals surface area contributed by atoms with Crippen molar-refractivity contribution < 1.29 is 8.42 Å². The SMILES string of the molecule is CS(=O)(=O)CCn1c(Sc2nc3cccc(Cl)c3s2)nc2c(N)ncnc21. The minimum atomic E-state index is -3.16. The fourth-order valence-electron chi connectivity index (χ4n) is 2.49. The first-order valence-corrected chi connectivity index (χ1v) is 11.8. The summed E-state index contributed by atoms with van der Waals surface area (Å²) in [7, 11) is -3.16. The lowest BCUT2D eigenvalue weighted by Crippen LogP contribution is -2.12. The number of thiazole rings is 1. The van der Waals surface area contributed by atoms with Crippen LogP contribution >= 0.6 is 34.7 Å². The molecule has 8 nitrogen and oxygen atoms in total. The maximum absolute atomic E-state index is 11.6. The molecular weight excluding hydrogens is 428 g/mol. The molecule has 0 fully saturated rings. The Balaban J connectivity index is 1.79. The quantitative estimate of drug-likeness (QED) is 0.503. The van der Waals surface area contributed by atoms with Crippen molar-refractivity contribution in [3.63, 3.8) is 0 Å². The third kappa shape index (κ3) is 3.72. The normalized spacial score (nSPS) is 12.2. The van der Waals surface area contributed by atoms with Crippen LogP contribution in [-0.2, 0) is 16.4 Å². The second-order valence-electron chi connectivity index (χ2n) is 5.78. The standard InChI is InChI=1S/C15H13ClN6O2S3/c1-27(23,24)6-5-22-13-10(12(17)18-7-19-13)21-14(22)26-15-20-9-4-2-3-8(16)11(9)25-15/h2-4,7H,5-6H2,1H3,(H2,17,18,19). The predicted octanol–water partition coefficient (Wildman–Crippen LogP) is 2.87. The molecule has 4 rings (SSSR count). The lowest BCUT2D eigenvalue weighted by atomic mass is 10.3. The van der Waals surface area contributed by atoms with Gasteiger partial charge in [-0.1, -0.05) is 17.7 Å². The van der Waals surface area contributed by atoms with Crippen LogP contribution in [0.25, 0.3) is 21.4 Å². The van der Waals surface area contributed by atoms with Gasteiger partial charge in [0.15, 0.2) is 26.5 Å². The molecule has 0 bridgehead atoms. The van der Waals surface area contributed by atoms with Crippen molar-refractivity contribution in [1.82, 2.24) is 24.5 Å². The number of hydrogen-bond donors (Lipinski definition) is 1. The molecular formula is C15H13ClN6O2S3. The molecule has 3 heterocycles. The average Bonchev–Trinajstić information content (AvgIpc) is 3.15. The molecule has 3 aromatic heterocycles. The second kappa shape index (κ2) is 6.89. The summed E-state index contributed by atoms with van der Waals surface area (Å²) in [6, 6.07) is 5.54. The maximum atomic E-state index is 11.6. The van der Waals surface area contributed by atoms with Gasteiger partial charge in [0.2, 0.25) is 0 Å². The molecule has 0 aliphatic rings. The summed E-state index contributed by atoms with van der Waals surface area (Å²) in [5, 5.41) is 1.19. The summed E-state index contributed by atoms with van der Waals surface area (Å²) in [4.78, 5) is 17.3. The number of fused-ring (bicyclic) bond motifs is 2. The zero-order valence-corrected chi connectivity index (χ0v) is 17.2. The van der Waals surface area contributed by atoms with Crippen LogP contribution in [0, 0.1) is 0 Å². The van der Waals surface area contributed by atoms with Gasteiger partial charge in [0, 0.05) is 12.8 Å². The van der Waals surface area contributed by atoms with Crippen LogP contribution in [0.15, 0.2) is 34.0 Å². The minimum Gasteiger partial charge on any atom is -0.382 e. The summed E-state index contributed by atoms with van der Waals surface area (Å²) in [6.07, 6.45) is 2.53. The predicted molar refractivity (Wildman–Crippen MR) is 108 cm³/mol. The molecule has 2 N–H and O–H groups in total. The average molecular weight is 441 g/mol. The van der Waals surface area contributed by atoms with Gasteiger partial charge in [-0.2, -0.15) is 0 Å². The molecule has 0 unspecified atom stereocenters. The van der Waals surface area contributed by atoms with Gasteiger partial charge in [0.25, 0.3) is 0 Å². The monoisotopic (exact) mass is 440 g/mol. The van der Waals surface area contributed by atoms with Crippen LogP contribution in [0.5, 0.6) is 0 Å². The van der Waals surface area contributed by atoms with Gasteiger partial charge in [0.1, 0.15) is 16.2 Å². The first kappa shape index (κ1) is 18.4. The van der Waals surface area contributed by atoms with E-state index >= 15 is 0 Å². The van der Waals surface area contributed by atoms with Crippen LogP contribution < -0.4 is 5.73 Å². The molecule has 0 radical (unpaired) electrons. The highest BCUT2D eigenvalue weighted by Crippen LogP contribution is 2.38. The number of benzene rings is 1. The Morgan fingerprint density at radius 3 is 2.85 bits per heavy atom. The number of aromatic nitrogens is 5. The summed E-state index contributed by atoms with van der Waals surface area (Å²) in [6.45, 7) is 0.208. The number of hydrogen-bond acceptors (Lipinski definition) is 9. The lowest BCUT2D eigenvalue weighted by Gasteiger charge is -2.06. The van der Waals surface area contributed by atoms with Crippen LogP contribution in [0.1, 0.15) is 0 Å². The smallest absolute Gasteiger partial charge is 0.177 e. The van der Waals surface area contributed by atoms with E-state index in [4.69, 9.17) is 17.3 Å². The third-order valence-electron chi connectivity index (χ3n) is 3.74. The van der Waals surface area contributed by atoms with Crippen molar-refractivity contribution in [2.75, 3.05) is 17.7 Å². The van der Waals surface area contributed by atoms with Crippen LogP contribution in [0.2, 0.25) is 5.02 Å². The number of imidazole rings is 1. The Morgan fingerprint density at radius 2 is 2.11 bits per heavy atom. The summed E-state index contributed by atoms with van der Waals surface area (Å²) >= 11 is 8.99. The van der Waals surface area contributed by atoms with E-state index in [9.17, 15) is 8.42 Å². The van der Waals surface area contributed by atoms with E-state index in [1.807, 2.05) is 18.2 Å². The maximum Gasteiger partial charge on any atom is 0.177 e. The Bertz CT molecular complexity index is 1270. The van der Waals surface area contributed by atoms with E-state index in [1.165, 1.54) is 35.7 Å². The molecule has 0 aliphatic heterocycles. The Labute approximate surface area is 167 Å². The van der Waals surface area contributed by atoms with Gasteiger partial charge in [0.05, 0.1) is 21.0 Å². The van der Waals surface area contributed by atoms with Crippen molar-refractivity contribution in [2.45, 2.75) is 16.0 Å². The molecule has 1 aromatic carbocycles. The van der Waals surface area contributed by atoms with E-state index in [0.717, 1.165) is 14.6 Å². The topological polar surface area (TPSA) is 117 Å². The van der Waals surface area contributed by atoms with Gasteiger partial charge >= 0.3 is 0 Å². The number of sulfone groups is 1. The van der Waals surface area contributed by atoms with Crippen molar-refractivity contribution in [2.24, 2.45) is 0 Å².